The van der Waals surface area contributed by atoms with Crippen LogP contribution in [0.2, 0.25) is 0 Å². The summed E-state index contributed by atoms with van der Waals surface area (Å²) < 4.78 is 1.94. The Morgan fingerprint density at radius 3 is 2.68 bits per heavy atom. The van der Waals surface area contributed by atoms with E-state index in [9.17, 15) is 0 Å². The van der Waals surface area contributed by atoms with Crippen LogP contribution in [0.4, 0.5) is 0 Å². The largest absolute Gasteiger partial charge is 0.271 e. The number of rotatable bonds is 6. The highest BCUT2D eigenvalue weighted by molar-refractivity contribution is 5.16. The molecule has 0 fully saturated rings. The van der Waals surface area contributed by atoms with Crippen molar-refractivity contribution in [2.75, 3.05) is 0 Å². The van der Waals surface area contributed by atoms with E-state index in [4.69, 9.17) is 5.84 Å². The molecule has 6 heteroatoms. The summed E-state index contributed by atoms with van der Waals surface area (Å²) in [4.78, 5) is 8.34. The van der Waals surface area contributed by atoms with Crippen LogP contribution in [-0.4, -0.2) is 19.7 Å². The van der Waals surface area contributed by atoms with Crippen LogP contribution in [0.15, 0.2) is 30.9 Å². The molecule has 2 rings (SSSR count). The molecular weight excluding hydrogens is 240 g/mol. The third kappa shape index (κ3) is 3.59. The number of nitrogens with one attached hydrogen (secondary N) is 1. The molecule has 1 atom stereocenters. The van der Waals surface area contributed by atoms with Crippen LogP contribution in [0.1, 0.15) is 31.3 Å². The van der Waals surface area contributed by atoms with Crippen molar-refractivity contribution in [3.63, 3.8) is 0 Å². The molecule has 0 amide bonds. The van der Waals surface area contributed by atoms with Gasteiger partial charge in [0, 0.05) is 25.4 Å². The van der Waals surface area contributed by atoms with Crippen LogP contribution in [0.25, 0.3) is 0 Å². The Hall–Kier alpha value is -1.79. The molecular formula is C13H20N6. The lowest BCUT2D eigenvalue weighted by Crippen LogP contribution is -2.30. The van der Waals surface area contributed by atoms with Crippen LogP contribution in [0.5, 0.6) is 0 Å². The summed E-state index contributed by atoms with van der Waals surface area (Å²) in [6.07, 6.45) is 5.82. The van der Waals surface area contributed by atoms with Crippen LogP contribution in [0, 0.1) is 5.92 Å². The van der Waals surface area contributed by atoms with E-state index in [1.807, 2.05) is 16.8 Å². The summed E-state index contributed by atoms with van der Waals surface area (Å²) in [5.41, 5.74) is 3.92. The molecule has 0 aromatic carbocycles. The van der Waals surface area contributed by atoms with Crippen molar-refractivity contribution >= 4 is 0 Å². The molecule has 0 bridgehead atoms. The van der Waals surface area contributed by atoms with Crippen molar-refractivity contribution in [1.29, 1.82) is 0 Å². The second kappa shape index (κ2) is 6.40. The lowest BCUT2D eigenvalue weighted by molar-refractivity contribution is 0.446. The van der Waals surface area contributed by atoms with Crippen LogP contribution in [-0.2, 0) is 13.0 Å². The van der Waals surface area contributed by atoms with Crippen molar-refractivity contribution in [3.8, 4) is 0 Å². The normalized spacial score (nSPS) is 12.8. The zero-order valence-electron chi connectivity index (χ0n) is 11.3. The quantitative estimate of drug-likeness (QED) is 0.600. The number of nitrogens with zero attached hydrogens (tertiary/aromatic N) is 4. The third-order valence-electron chi connectivity index (χ3n) is 2.93. The van der Waals surface area contributed by atoms with Gasteiger partial charge in [-0.1, -0.05) is 13.8 Å². The maximum Gasteiger partial charge on any atom is 0.138 e. The van der Waals surface area contributed by atoms with E-state index in [1.165, 1.54) is 0 Å². The smallest absolute Gasteiger partial charge is 0.138 e. The summed E-state index contributed by atoms with van der Waals surface area (Å²) in [6, 6.07) is 3.92. The van der Waals surface area contributed by atoms with Crippen molar-refractivity contribution in [2.45, 2.75) is 32.9 Å². The first-order chi connectivity index (χ1) is 9.20. The minimum atomic E-state index is 0.0121. The monoisotopic (exact) mass is 260 g/mol. The van der Waals surface area contributed by atoms with E-state index in [-0.39, 0.29) is 6.04 Å². The number of hydrogen-bond acceptors (Lipinski definition) is 5. The van der Waals surface area contributed by atoms with Crippen LogP contribution >= 0.6 is 0 Å². The van der Waals surface area contributed by atoms with Gasteiger partial charge in [-0.15, -0.1) is 0 Å². The molecule has 0 radical (unpaired) electrons. The second-order valence-corrected chi connectivity index (χ2v) is 4.96. The van der Waals surface area contributed by atoms with Gasteiger partial charge in [-0.05, 0) is 23.6 Å². The van der Waals surface area contributed by atoms with Crippen LogP contribution < -0.4 is 11.3 Å². The Labute approximate surface area is 113 Å². The fraction of sp³-hybridized carbons (Fsp3) is 0.462. The summed E-state index contributed by atoms with van der Waals surface area (Å²) in [7, 11) is 0. The Kier molecular flexibility index (Phi) is 4.59. The highest BCUT2D eigenvalue weighted by atomic mass is 15.3. The predicted octanol–water partition coefficient (Wildman–Crippen LogP) is 1.08. The van der Waals surface area contributed by atoms with Crippen molar-refractivity contribution in [1.82, 2.24) is 25.2 Å². The van der Waals surface area contributed by atoms with Gasteiger partial charge in [0.25, 0.3) is 0 Å². The highest BCUT2D eigenvalue weighted by Crippen LogP contribution is 2.16. The minimum absolute atomic E-state index is 0.0121. The molecule has 0 saturated carbocycles. The van der Waals surface area contributed by atoms with Gasteiger partial charge in [-0.2, -0.15) is 5.10 Å². The molecule has 0 saturated heterocycles. The molecule has 102 valence electrons. The molecule has 2 heterocycles. The first kappa shape index (κ1) is 13.6. The van der Waals surface area contributed by atoms with Crippen molar-refractivity contribution < 1.29 is 0 Å². The molecule has 2 aromatic rings. The van der Waals surface area contributed by atoms with E-state index in [2.05, 4.69) is 34.3 Å². The molecule has 0 spiro atoms. The standard InChI is InChI=1S/C13H20N6/c1-10(2)8-19-13(16-9-17-19)7-12(18-14)11-3-5-15-6-4-11/h3-6,9-10,12,18H,7-8,14H2,1-2H3. The number of pyridine rings is 1. The summed E-state index contributed by atoms with van der Waals surface area (Å²) in [6.45, 7) is 5.18. The third-order valence-corrected chi connectivity index (χ3v) is 2.93. The fourth-order valence-corrected chi connectivity index (χ4v) is 2.00. The fourth-order valence-electron chi connectivity index (χ4n) is 2.00. The van der Waals surface area contributed by atoms with E-state index in [0.717, 1.165) is 17.9 Å². The van der Waals surface area contributed by atoms with Gasteiger partial charge < -0.3 is 0 Å². The number of hydrogen-bond donors (Lipinski definition) is 2. The average molecular weight is 260 g/mol. The number of aromatic nitrogens is 4. The SMILES string of the molecule is CC(C)Cn1ncnc1CC(NN)c1ccncc1. The first-order valence-corrected chi connectivity index (χ1v) is 6.43. The molecule has 19 heavy (non-hydrogen) atoms. The zero-order valence-corrected chi connectivity index (χ0v) is 11.3. The van der Waals surface area contributed by atoms with E-state index in [0.29, 0.717) is 12.3 Å². The van der Waals surface area contributed by atoms with Gasteiger partial charge in [-0.3, -0.25) is 16.3 Å². The summed E-state index contributed by atoms with van der Waals surface area (Å²) >= 11 is 0. The molecule has 6 nitrogen and oxygen atoms in total. The summed E-state index contributed by atoms with van der Waals surface area (Å²) in [5.74, 6) is 7.12. The van der Waals surface area contributed by atoms with Gasteiger partial charge in [0.15, 0.2) is 0 Å². The number of hydrazine groups is 1. The van der Waals surface area contributed by atoms with E-state index >= 15 is 0 Å². The minimum Gasteiger partial charge on any atom is -0.271 e. The van der Waals surface area contributed by atoms with Crippen LogP contribution in [0.3, 0.4) is 0 Å². The van der Waals surface area contributed by atoms with E-state index in [1.54, 1.807) is 18.7 Å². The lowest BCUT2D eigenvalue weighted by atomic mass is 10.1. The maximum atomic E-state index is 5.64. The molecule has 2 aromatic heterocycles. The zero-order chi connectivity index (χ0) is 13.7. The Balaban J connectivity index is 2.13. The van der Waals surface area contributed by atoms with Gasteiger partial charge in [0.1, 0.15) is 12.2 Å². The first-order valence-electron chi connectivity index (χ1n) is 6.43. The van der Waals surface area contributed by atoms with Crippen molar-refractivity contribution in [2.24, 2.45) is 11.8 Å². The van der Waals surface area contributed by atoms with Gasteiger partial charge >= 0.3 is 0 Å². The summed E-state index contributed by atoms with van der Waals surface area (Å²) in [5, 5.41) is 4.26. The predicted molar refractivity (Wildman–Crippen MR) is 72.9 cm³/mol. The molecule has 0 aliphatic carbocycles. The topological polar surface area (TPSA) is 81.7 Å². The molecule has 1 unspecified atom stereocenters. The van der Waals surface area contributed by atoms with E-state index < -0.39 is 0 Å². The lowest BCUT2D eigenvalue weighted by Gasteiger charge is -2.16. The Morgan fingerprint density at radius 1 is 1.32 bits per heavy atom. The molecule has 0 aliphatic rings. The molecule has 0 aliphatic heterocycles. The Morgan fingerprint density at radius 2 is 2.05 bits per heavy atom. The average Bonchev–Trinajstić information content (AvgIpc) is 2.83. The molecule has 3 N–H and O–H groups in total. The van der Waals surface area contributed by atoms with Gasteiger partial charge in [-0.25, -0.2) is 9.67 Å². The second-order valence-electron chi connectivity index (χ2n) is 4.96. The van der Waals surface area contributed by atoms with Crippen molar-refractivity contribution in [3.05, 3.63) is 42.2 Å². The highest BCUT2D eigenvalue weighted by Gasteiger charge is 2.15. The number of nitrogens with two attached hydrogens (primary N) is 1. The Bertz CT molecular complexity index is 493. The van der Waals surface area contributed by atoms with Gasteiger partial charge in [0.05, 0.1) is 6.04 Å². The maximum absolute atomic E-state index is 5.64. The van der Waals surface area contributed by atoms with Gasteiger partial charge in [0.2, 0.25) is 0 Å².